The maximum Gasteiger partial charge on any atom is 0.326 e. The van der Waals surface area contributed by atoms with Crippen molar-refractivity contribution in [3.63, 3.8) is 0 Å². The van der Waals surface area contributed by atoms with Gasteiger partial charge in [-0.2, -0.15) is 5.10 Å². The molecular weight excluding hydrogens is 294 g/mol. The third-order valence-corrected chi connectivity index (χ3v) is 4.17. The summed E-state index contributed by atoms with van der Waals surface area (Å²) in [5.74, 6) is -1.03. The maximum atomic E-state index is 12.4. The van der Waals surface area contributed by atoms with E-state index in [1.54, 1.807) is 10.9 Å². The normalized spacial score (nSPS) is 17.9. The standard InChI is InChI=1S/C17H19N3O3/c21-16(19-10-2-1-4-15(19)17(22)23)12-13-5-7-14(8-6-13)20-11-3-9-18-20/h3,5-9,11,15H,1-2,4,10,12H2,(H,22,23)/t15-/m0/s1. The van der Waals surface area contributed by atoms with E-state index in [4.69, 9.17) is 0 Å². The van der Waals surface area contributed by atoms with E-state index in [1.165, 1.54) is 4.90 Å². The average molecular weight is 313 g/mol. The van der Waals surface area contributed by atoms with E-state index < -0.39 is 12.0 Å². The van der Waals surface area contributed by atoms with Crippen molar-refractivity contribution in [1.82, 2.24) is 14.7 Å². The van der Waals surface area contributed by atoms with Gasteiger partial charge in [0, 0.05) is 18.9 Å². The summed E-state index contributed by atoms with van der Waals surface area (Å²) in [5.41, 5.74) is 1.80. The Morgan fingerprint density at radius 2 is 2.00 bits per heavy atom. The number of aliphatic carboxylic acids is 1. The highest BCUT2D eigenvalue weighted by Crippen LogP contribution is 2.19. The molecule has 1 amide bonds. The summed E-state index contributed by atoms with van der Waals surface area (Å²) < 4.78 is 1.75. The number of hydrogen-bond acceptors (Lipinski definition) is 3. The molecule has 1 aliphatic heterocycles. The number of carbonyl (C=O) groups is 2. The molecule has 0 bridgehead atoms. The van der Waals surface area contributed by atoms with Crippen molar-refractivity contribution in [2.45, 2.75) is 31.7 Å². The predicted molar refractivity (Wildman–Crippen MR) is 84.3 cm³/mol. The Labute approximate surface area is 134 Å². The zero-order chi connectivity index (χ0) is 16.2. The molecule has 2 heterocycles. The molecule has 3 rings (SSSR count). The zero-order valence-corrected chi connectivity index (χ0v) is 12.8. The highest BCUT2D eigenvalue weighted by molar-refractivity contribution is 5.85. The number of hydrogen-bond donors (Lipinski definition) is 1. The lowest BCUT2D eigenvalue weighted by atomic mass is 10.0. The van der Waals surface area contributed by atoms with Crippen molar-refractivity contribution in [3.05, 3.63) is 48.3 Å². The van der Waals surface area contributed by atoms with Crippen LogP contribution in [0.25, 0.3) is 5.69 Å². The van der Waals surface area contributed by atoms with Crippen LogP contribution < -0.4 is 0 Å². The van der Waals surface area contributed by atoms with Crippen molar-refractivity contribution >= 4 is 11.9 Å². The van der Waals surface area contributed by atoms with E-state index in [-0.39, 0.29) is 12.3 Å². The minimum atomic E-state index is -0.910. The zero-order valence-electron chi connectivity index (χ0n) is 12.8. The molecule has 6 heteroatoms. The van der Waals surface area contributed by atoms with Crippen molar-refractivity contribution in [1.29, 1.82) is 0 Å². The van der Waals surface area contributed by atoms with Gasteiger partial charge in [0.05, 0.1) is 12.1 Å². The van der Waals surface area contributed by atoms with E-state index >= 15 is 0 Å². The average Bonchev–Trinajstić information content (AvgIpc) is 3.10. The van der Waals surface area contributed by atoms with Crippen LogP contribution in [0.15, 0.2) is 42.7 Å². The van der Waals surface area contributed by atoms with Gasteiger partial charge in [-0.3, -0.25) is 4.79 Å². The van der Waals surface area contributed by atoms with Crippen LogP contribution in [0, 0.1) is 0 Å². The number of rotatable bonds is 4. The predicted octanol–water partition coefficient (Wildman–Crippen LogP) is 1.88. The smallest absolute Gasteiger partial charge is 0.326 e. The minimum absolute atomic E-state index is 0.121. The lowest BCUT2D eigenvalue weighted by molar-refractivity contribution is -0.151. The summed E-state index contributed by atoms with van der Waals surface area (Å²) in [6.07, 6.45) is 6.06. The first kappa shape index (κ1) is 15.3. The third-order valence-electron chi connectivity index (χ3n) is 4.17. The molecule has 1 N–H and O–H groups in total. The third kappa shape index (κ3) is 3.41. The van der Waals surface area contributed by atoms with Gasteiger partial charge in [0.15, 0.2) is 0 Å². The van der Waals surface area contributed by atoms with Crippen LogP contribution in [0.1, 0.15) is 24.8 Å². The Balaban J connectivity index is 1.68. The highest BCUT2D eigenvalue weighted by atomic mass is 16.4. The molecule has 0 saturated carbocycles. The van der Waals surface area contributed by atoms with Gasteiger partial charge in [0.25, 0.3) is 0 Å². The Bertz CT molecular complexity index is 680. The first-order chi connectivity index (χ1) is 11.1. The number of benzene rings is 1. The van der Waals surface area contributed by atoms with Crippen molar-refractivity contribution in [3.8, 4) is 5.69 Å². The van der Waals surface area contributed by atoms with Crippen molar-refractivity contribution in [2.24, 2.45) is 0 Å². The second-order valence-electron chi connectivity index (χ2n) is 5.73. The Kier molecular flexibility index (Phi) is 4.41. The van der Waals surface area contributed by atoms with Crippen LogP contribution in [0.2, 0.25) is 0 Å². The molecule has 0 spiro atoms. The molecule has 1 fully saturated rings. The van der Waals surface area contributed by atoms with Crippen molar-refractivity contribution < 1.29 is 14.7 Å². The first-order valence-electron chi connectivity index (χ1n) is 7.76. The van der Waals surface area contributed by atoms with Crippen LogP contribution in [0.3, 0.4) is 0 Å². The molecule has 120 valence electrons. The topological polar surface area (TPSA) is 75.4 Å². The monoisotopic (exact) mass is 313 g/mol. The number of nitrogens with zero attached hydrogens (tertiary/aromatic N) is 3. The van der Waals surface area contributed by atoms with Crippen LogP contribution in [-0.2, 0) is 16.0 Å². The number of likely N-dealkylation sites (tertiary alicyclic amines) is 1. The van der Waals surface area contributed by atoms with Gasteiger partial charge in [0.2, 0.25) is 5.91 Å². The van der Waals surface area contributed by atoms with Gasteiger partial charge in [-0.15, -0.1) is 0 Å². The number of carbonyl (C=O) groups excluding carboxylic acids is 1. The summed E-state index contributed by atoms with van der Waals surface area (Å²) in [7, 11) is 0. The molecule has 1 aromatic heterocycles. The molecule has 0 aliphatic carbocycles. The van der Waals surface area contributed by atoms with E-state index in [1.807, 2.05) is 36.5 Å². The molecular formula is C17H19N3O3. The summed E-state index contributed by atoms with van der Waals surface area (Å²) in [6.45, 7) is 0.529. The highest BCUT2D eigenvalue weighted by Gasteiger charge is 2.31. The lowest BCUT2D eigenvalue weighted by Gasteiger charge is -2.33. The summed E-state index contributed by atoms with van der Waals surface area (Å²) in [6, 6.07) is 8.74. The molecule has 6 nitrogen and oxygen atoms in total. The number of amides is 1. The van der Waals surface area contributed by atoms with Gasteiger partial charge >= 0.3 is 5.97 Å². The van der Waals surface area contributed by atoms with E-state index in [0.717, 1.165) is 24.1 Å². The molecule has 0 radical (unpaired) electrons. The maximum absolute atomic E-state index is 12.4. The van der Waals surface area contributed by atoms with E-state index in [0.29, 0.717) is 13.0 Å². The molecule has 1 atom stereocenters. The van der Waals surface area contributed by atoms with Crippen LogP contribution in [0.5, 0.6) is 0 Å². The molecule has 1 aromatic carbocycles. The Morgan fingerprint density at radius 3 is 2.65 bits per heavy atom. The second-order valence-corrected chi connectivity index (χ2v) is 5.73. The first-order valence-corrected chi connectivity index (χ1v) is 7.76. The molecule has 1 aliphatic rings. The summed E-state index contributed by atoms with van der Waals surface area (Å²) >= 11 is 0. The number of carboxylic acid groups (broad SMARTS) is 1. The van der Waals surface area contributed by atoms with Gasteiger partial charge < -0.3 is 10.0 Å². The number of aromatic nitrogens is 2. The molecule has 0 unspecified atom stereocenters. The lowest BCUT2D eigenvalue weighted by Crippen LogP contribution is -2.48. The van der Waals surface area contributed by atoms with Crippen LogP contribution in [-0.4, -0.2) is 44.3 Å². The van der Waals surface area contributed by atoms with E-state index in [9.17, 15) is 14.7 Å². The minimum Gasteiger partial charge on any atom is -0.480 e. The van der Waals surface area contributed by atoms with Gasteiger partial charge in [0.1, 0.15) is 6.04 Å². The van der Waals surface area contributed by atoms with Gasteiger partial charge in [-0.1, -0.05) is 12.1 Å². The Hall–Kier alpha value is -2.63. The molecule has 1 saturated heterocycles. The molecule has 2 aromatic rings. The van der Waals surface area contributed by atoms with E-state index in [2.05, 4.69) is 5.10 Å². The quantitative estimate of drug-likeness (QED) is 0.935. The fourth-order valence-corrected chi connectivity index (χ4v) is 2.95. The Morgan fingerprint density at radius 1 is 1.22 bits per heavy atom. The van der Waals surface area contributed by atoms with Crippen molar-refractivity contribution in [2.75, 3.05) is 6.54 Å². The fraction of sp³-hybridized carbons (Fsp3) is 0.353. The number of carboxylic acids is 1. The van der Waals surface area contributed by atoms with Crippen LogP contribution >= 0.6 is 0 Å². The fourth-order valence-electron chi connectivity index (χ4n) is 2.95. The SMILES string of the molecule is O=C(O)[C@@H]1CCCCN1C(=O)Cc1ccc(-n2cccn2)cc1. The van der Waals surface area contributed by atoms with Gasteiger partial charge in [-0.25, -0.2) is 9.48 Å². The summed E-state index contributed by atoms with van der Waals surface area (Å²) in [5, 5.41) is 13.4. The molecule has 23 heavy (non-hydrogen) atoms. The van der Waals surface area contributed by atoms with Crippen LogP contribution in [0.4, 0.5) is 0 Å². The second kappa shape index (κ2) is 6.64. The number of piperidine rings is 1. The van der Waals surface area contributed by atoms with Gasteiger partial charge in [-0.05, 0) is 43.0 Å². The summed E-state index contributed by atoms with van der Waals surface area (Å²) in [4.78, 5) is 25.2. The largest absolute Gasteiger partial charge is 0.480 e.